The summed E-state index contributed by atoms with van der Waals surface area (Å²) in [5, 5.41) is 0. The quantitative estimate of drug-likeness (QED) is 0.714. The van der Waals surface area contributed by atoms with Gasteiger partial charge in [-0.15, -0.1) is 0 Å². The Morgan fingerprint density at radius 3 is 2.64 bits per heavy atom. The Hall–Kier alpha value is -2.83. The molecule has 0 fully saturated rings. The lowest BCUT2D eigenvalue weighted by Gasteiger charge is -2.30. The number of hydrogen-bond donors (Lipinski definition) is 0. The summed E-state index contributed by atoms with van der Waals surface area (Å²) < 4.78 is 4.70. The first-order valence-electron chi connectivity index (χ1n) is 8.57. The van der Waals surface area contributed by atoms with Gasteiger partial charge in [-0.3, -0.25) is 13.9 Å². The maximum Gasteiger partial charge on any atom is 0.332 e. The number of aryl methyl sites for hydroxylation is 3. The van der Waals surface area contributed by atoms with E-state index in [9.17, 15) is 9.59 Å². The molecule has 0 saturated carbocycles. The highest BCUT2D eigenvalue weighted by molar-refractivity contribution is 5.77. The molecule has 2 aromatic heterocycles. The Morgan fingerprint density at radius 1 is 1.16 bits per heavy atom. The minimum absolute atomic E-state index is 0.258. The maximum absolute atomic E-state index is 12.8. The molecule has 1 aliphatic heterocycles. The fourth-order valence-corrected chi connectivity index (χ4v) is 3.64. The number of imidazole rings is 1. The fraction of sp³-hybridized carbons (Fsp3) is 0.389. The van der Waals surface area contributed by atoms with Crippen LogP contribution in [-0.2, 0) is 20.1 Å². The van der Waals surface area contributed by atoms with Crippen molar-refractivity contribution in [3.05, 3.63) is 50.7 Å². The van der Waals surface area contributed by atoms with Crippen LogP contribution in [0.1, 0.15) is 18.9 Å². The Morgan fingerprint density at radius 2 is 1.92 bits per heavy atom. The number of aromatic nitrogens is 4. The zero-order valence-electron chi connectivity index (χ0n) is 14.7. The summed E-state index contributed by atoms with van der Waals surface area (Å²) in [5.74, 6) is 0.733. The maximum atomic E-state index is 12.8. The molecule has 0 saturated heterocycles. The summed E-state index contributed by atoms with van der Waals surface area (Å²) in [6.45, 7) is 5.79. The summed E-state index contributed by atoms with van der Waals surface area (Å²) in [6.07, 6.45) is 0.918. The molecule has 0 atom stereocenters. The van der Waals surface area contributed by atoms with Crippen molar-refractivity contribution < 1.29 is 0 Å². The average molecular weight is 339 g/mol. The lowest BCUT2D eigenvalue weighted by molar-refractivity contribution is 0.594. The third-order valence-corrected chi connectivity index (χ3v) is 4.94. The van der Waals surface area contributed by atoms with Crippen LogP contribution in [0, 0.1) is 6.92 Å². The van der Waals surface area contributed by atoms with Crippen molar-refractivity contribution >= 4 is 22.8 Å². The van der Waals surface area contributed by atoms with Crippen LogP contribution in [0.2, 0.25) is 0 Å². The third kappa shape index (κ3) is 2.15. The molecule has 0 amide bonds. The van der Waals surface area contributed by atoms with Gasteiger partial charge in [-0.25, -0.2) is 4.79 Å². The molecule has 0 N–H and O–H groups in total. The van der Waals surface area contributed by atoms with Gasteiger partial charge in [0.2, 0.25) is 5.95 Å². The average Bonchev–Trinajstić information content (AvgIpc) is 3.01. The lowest BCUT2D eigenvalue weighted by atomic mass is 10.1. The molecule has 0 aliphatic carbocycles. The standard InChI is InChI=1S/C18H21N5O2/c1-4-21-16(24)14-15(20(3)18(21)25)19-17-22(10-7-11-23(14)17)13-9-6-5-8-12(13)2/h5-6,8-9H,4,7,10-11H2,1-3H3. The van der Waals surface area contributed by atoms with Crippen molar-refractivity contribution in [1.29, 1.82) is 0 Å². The summed E-state index contributed by atoms with van der Waals surface area (Å²) >= 11 is 0. The van der Waals surface area contributed by atoms with E-state index >= 15 is 0 Å². The molecular weight excluding hydrogens is 318 g/mol. The number of rotatable bonds is 2. The van der Waals surface area contributed by atoms with Gasteiger partial charge >= 0.3 is 5.69 Å². The monoisotopic (exact) mass is 339 g/mol. The van der Waals surface area contributed by atoms with Crippen LogP contribution in [0.5, 0.6) is 0 Å². The van der Waals surface area contributed by atoms with E-state index in [1.165, 1.54) is 9.13 Å². The molecule has 25 heavy (non-hydrogen) atoms. The van der Waals surface area contributed by atoms with Crippen molar-refractivity contribution in [3.63, 3.8) is 0 Å². The molecule has 0 radical (unpaired) electrons. The van der Waals surface area contributed by atoms with E-state index in [0.29, 0.717) is 17.7 Å². The molecule has 7 heteroatoms. The second kappa shape index (κ2) is 5.61. The summed E-state index contributed by atoms with van der Waals surface area (Å²) in [6, 6.07) is 8.14. The van der Waals surface area contributed by atoms with E-state index in [2.05, 4.69) is 28.9 Å². The molecule has 130 valence electrons. The van der Waals surface area contributed by atoms with Crippen molar-refractivity contribution in [2.45, 2.75) is 33.4 Å². The zero-order chi connectivity index (χ0) is 17.7. The first-order chi connectivity index (χ1) is 12.0. The van der Waals surface area contributed by atoms with Gasteiger partial charge in [-0.1, -0.05) is 18.2 Å². The number of fused-ring (bicyclic) bond motifs is 3. The number of benzene rings is 1. The molecule has 1 aliphatic rings. The Labute approximate surface area is 144 Å². The normalized spacial score (nSPS) is 14.1. The first-order valence-corrected chi connectivity index (χ1v) is 8.57. The predicted octanol–water partition coefficient (Wildman–Crippen LogP) is 1.77. The van der Waals surface area contributed by atoms with E-state index in [0.717, 1.165) is 36.7 Å². The van der Waals surface area contributed by atoms with Crippen molar-refractivity contribution in [2.75, 3.05) is 11.4 Å². The number of nitrogens with zero attached hydrogens (tertiary/aromatic N) is 5. The van der Waals surface area contributed by atoms with Crippen LogP contribution in [0.25, 0.3) is 11.2 Å². The first kappa shape index (κ1) is 15.7. The molecule has 0 spiro atoms. The molecular formula is C18H21N5O2. The summed E-state index contributed by atoms with van der Waals surface area (Å²) in [7, 11) is 1.67. The number of para-hydroxylation sites is 1. The smallest absolute Gasteiger partial charge is 0.312 e. The topological polar surface area (TPSA) is 65.1 Å². The summed E-state index contributed by atoms with van der Waals surface area (Å²) in [4.78, 5) is 32.1. The number of hydrogen-bond acceptors (Lipinski definition) is 4. The van der Waals surface area contributed by atoms with Gasteiger partial charge in [0.05, 0.1) is 0 Å². The van der Waals surface area contributed by atoms with Crippen molar-refractivity contribution in [2.24, 2.45) is 7.05 Å². The van der Waals surface area contributed by atoms with Crippen LogP contribution in [0.3, 0.4) is 0 Å². The lowest BCUT2D eigenvalue weighted by Crippen LogP contribution is -2.39. The van der Waals surface area contributed by atoms with Gasteiger partial charge < -0.3 is 9.47 Å². The van der Waals surface area contributed by atoms with Crippen LogP contribution in [0.15, 0.2) is 33.9 Å². The minimum atomic E-state index is -0.321. The van der Waals surface area contributed by atoms with E-state index in [-0.39, 0.29) is 11.2 Å². The van der Waals surface area contributed by atoms with E-state index in [1.54, 1.807) is 7.05 Å². The second-order valence-corrected chi connectivity index (χ2v) is 6.42. The van der Waals surface area contributed by atoms with Crippen molar-refractivity contribution in [3.8, 4) is 0 Å². The van der Waals surface area contributed by atoms with Gasteiger partial charge in [0.15, 0.2) is 11.2 Å². The Bertz CT molecular complexity index is 1090. The predicted molar refractivity (Wildman–Crippen MR) is 97.7 cm³/mol. The van der Waals surface area contributed by atoms with Crippen molar-refractivity contribution in [1.82, 2.24) is 18.7 Å². The molecule has 0 bridgehead atoms. The fourth-order valence-electron chi connectivity index (χ4n) is 3.64. The van der Waals surface area contributed by atoms with E-state index < -0.39 is 0 Å². The molecule has 1 aromatic carbocycles. The Kier molecular flexibility index (Phi) is 3.52. The highest BCUT2D eigenvalue weighted by Gasteiger charge is 2.27. The van der Waals surface area contributed by atoms with Crippen LogP contribution >= 0.6 is 0 Å². The molecule has 7 nitrogen and oxygen atoms in total. The largest absolute Gasteiger partial charge is 0.332 e. The van der Waals surface area contributed by atoms with Crippen LogP contribution in [-0.4, -0.2) is 25.2 Å². The van der Waals surface area contributed by atoms with Gasteiger partial charge in [0.1, 0.15) is 0 Å². The molecule has 3 aromatic rings. The summed E-state index contributed by atoms with van der Waals surface area (Å²) in [5.41, 5.74) is 2.62. The van der Waals surface area contributed by atoms with E-state index in [1.807, 2.05) is 23.6 Å². The molecule has 0 unspecified atom stereocenters. The highest BCUT2D eigenvalue weighted by atomic mass is 16.2. The molecule has 3 heterocycles. The number of anilines is 2. The van der Waals surface area contributed by atoms with Crippen LogP contribution < -0.4 is 16.1 Å². The molecule has 4 rings (SSSR count). The van der Waals surface area contributed by atoms with Gasteiger partial charge in [-0.2, -0.15) is 4.98 Å². The highest BCUT2D eigenvalue weighted by Crippen LogP contribution is 2.32. The SMILES string of the molecule is CCn1c(=O)c2c(nc3n2CCCN3c2ccccc2C)n(C)c1=O. The zero-order valence-corrected chi connectivity index (χ0v) is 14.7. The third-order valence-electron chi connectivity index (χ3n) is 4.94. The van der Waals surface area contributed by atoms with Crippen LogP contribution in [0.4, 0.5) is 11.6 Å². The second-order valence-electron chi connectivity index (χ2n) is 6.42. The minimum Gasteiger partial charge on any atom is -0.312 e. The van der Waals surface area contributed by atoms with Gasteiger partial charge in [-0.05, 0) is 31.9 Å². The van der Waals surface area contributed by atoms with Gasteiger partial charge in [0.25, 0.3) is 5.56 Å². The van der Waals surface area contributed by atoms with Gasteiger partial charge in [0, 0.05) is 32.4 Å². The Balaban J connectivity index is 2.05. The van der Waals surface area contributed by atoms with E-state index in [4.69, 9.17) is 0 Å².